The third kappa shape index (κ3) is 51.5. The summed E-state index contributed by atoms with van der Waals surface area (Å²) in [5, 5.41) is 10.0. The second-order valence-electron chi connectivity index (χ2n) is 14.4. The molecular formula is C42H84N10O25. The van der Waals surface area contributed by atoms with E-state index in [1.54, 1.807) is 0 Å². The molecule has 452 valence electrons. The van der Waals surface area contributed by atoms with Crippen molar-refractivity contribution in [1.29, 1.82) is 0 Å². The lowest BCUT2D eigenvalue weighted by Crippen LogP contribution is -2.40. The molecule has 0 atom stereocenters. The third-order valence-electron chi connectivity index (χ3n) is 8.73. The zero-order chi connectivity index (χ0) is 56.3. The molecule has 0 radical (unpaired) electrons. The third-order valence-corrected chi connectivity index (χ3v) is 8.73. The van der Waals surface area contributed by atoms with Crippen LogP contribution in [-0.4, -0.2) is 284 Å². The van der Waals surface area contributed by atoms with E-state index in [0.29, 0.717) is 52.9 Å². The van der Waals surface area contributed by atoms with Crippen LogP contribution in [0.25, 0.3) is 0 Å². The maximum atomic E-state index is 13.0. The second kappa shape index (κ2) is 57.1. The summed E-state index contributed by atoms with van der Waals surface area (Å²) in [6.07, 6.45) is -4.75. The Balaban J connectivity index is 4.99. The molecule has 0 saturated carbocycles. The molecule has 35 heteroatoms. The van der Waals surface area contributed by atoms with E-state index in [4.69, 9.17) is 94.6 Å². The molecule has 0 aromatic rings. The molecule has 0 aliphatic rings. The number of nitrogens with zero attached hydrogens (tertiary/aromatic N) is 2. The van der Waals surface area contributed by atoms with Crippen molar-refractivity contribution in [3.8, 4) is 0 Å². The summed E-state index contributed by atoms with van der Waals surface area (Å²) < 4.78 is 79.1. The Morgan fingerprint density at radius 1 is 0.247 bits per heavy atom. The first-order valence-corrected chi connectivity index (χ1v) is 24.6. The van der Waals surface area contributed by atoms with E-state index in [2.05, 4.69) is 40.6 Å². The average molecular weight is 1130 g/mol. The van der Waals surface area contributed by atoms with Crippen LogP contribution in [0.3, 0.4) is 0 Å². The molecule has 0 aliphatic heterocycles. The maximum absolute atomic E-state index is 13.0. The van der Waals surface area contributed by atoms with Crippen LogP contribution in [0, 0.1) is 0 Å². The molecule has 0 fully saturated rings. The number of nitrogens with one attached hydrogen (secondary N) is 4. The van der Waals surface area contributed by atoms with E-state index in [1.807, 2.05) is 0 Å². The van der Waals surface area contributed by atoms with Crippen molar-refractivity contribution in [3.63, 3.8) is 0 Å². The van der Waals surface area contributed by atoms with Gasteiger partial charge in [0.05, 0.1) is 172 Å². The standard InChI is InChI=1S/C42H84N10O25/c43-74-33-27-63-21-17-59-9-1-47-37(53)68-13-5-51(6-14-69-38(54)48-2-10-60-18-22-64-28-34-75-44)41(57)72-31-25-67-26-32-73-42(58)52(7-15-70-39(55)49-3-11-61-19-23-65-29-35-76-45)8-16-71-40(56)50-4-12-62-20-24-66-30-36-77-46/h1-36,43-46H2,(H,47,53)(H,48,54)(H,49,55)(H,50,56). The fourth-order valence-corrected chi connectivity index (χ4v) is 5.06. The Labute approximate surface area is 447 Å². The Hall–Kier alpha value is -5.06. The Morgan fingerprint density at radius 3 is 0.662 bits per heavy atom. The molecule has 0 heterocycles. The van der Waals surface area contributed by atoms with Crippen molar-refractivity contribution >= 4 is 36.6 Å². The first kappa shape index (κ1) is 71.9. The SMILES string of the molecule is NOCCOCCOCCNC(=O)OCCN(CCOC(=O)NCCOCCOCCON)C(=O)OCCOCCOC(=O)N(CCOC(=O)NCCOCCOCCON)CCOC(=O)NCCOCCOCCON. The lowest BCUT2D eigenvalue weighted by Gasteiger charge is -2.22. The highest BCUT2D eigenvalue weighted by Gasteiger charge is 2.19. The quantitative estimate of drug-likeness (QED) is 0.0166. The summed E-state index contributed by atoms with van der Waals surface area (Å²) >= 11 is 0. The number of alkyl carbamates (subject to hydrolysis) is 4. The van der Waals surface area contributed by atoms with Gasteiger partial charge in [-0.05, 0) is 0 Å². The molecule has 0 saturated heterocycles. The van der Waals surface area contributed by atoms with Crippen molar-refractivity contribution in [3.05, 3.63) is 0 Å². The highest BCUT2D eigenvalue weighted by atomic mass is 16.6. The number of hydrogen-bond acceptors (Lipinski definition) is 29. The molecular weight excluding hydrogens is 1040 g/mol. The number of carbonyl (C=O) groups is 6. The van der Waals surface area contributed by atoms with E-state index >= 15 is 0 Å². The number of rotatable bonds is 54. The number of amides is 6. The molecule has 0 bridgehead atoms. The fraction of sp³-hybridized carbons (Fsp3) is 0.857. The van der Waals surface area contributed by atoms with E-state index in [1.165, 1.54) is 0 Å². The lowest BCUT2D eigenvalue weighted by atomic mass is 10.5. The molecule has 0 unspecified atom stereocenters. The van der Waals surface area contributed by atoms with Crippen LogP contribution in [0.15, 0.2) is 0 Å². The molecule has 0 aromatic heterocycles. The van der Waals surface area contributed by atoms with E-state index in [9.17, 15) is 28.8 Å². The molecule has 6 amide bonds. The van der Waals surface area contributed by atoms with Gasteiger partial charge in [0.25, 0.3) is 0 Å². The predicted octanol–water partition coefficient (Wildman–Crippen LogP) is -3.52. The Morgan fingerprint density at radius 2 is 0.442 bits per heavy atom. The Kier molecular flexibility index (Phi) is 53.4. The molecule has 12 N–H and O–H groups in total. The average Bonchev–Trinajstić information content (AvgIpc) is 3.42. The number of nitrogens with two attached hydrogens (primary N) is 4. The first-order chi connectivity index (χ1) is 37.7. The van der Waals surface area contributed by atoms with Gasteiger partial charge >= 0.3 is 36.6 Å². The van der Waals surface area contributed by atoms with Gasteiger partial charge in [-0.3, -0.25) is 0 Å². The van der Waals surface area contributed by atoms with Crippen LogP contribution >= 0.6 is 0 Å². The lowest BCUT2D eigenvalue weighted by molar-refractivity contribution is 0.0143. The van der Waals surface area contributed by atoms with Crippen LogP contribution in [0.1, 0.15) is 0 Å². The summed E-state index contributed by atoms with van der Waals surface area (Å²) in [5.41, 5.74) is 0. The van der Waals surface area contributed by atoms with Gasteiger partial charge in [0, 0.05) is 26.2 Å². The predicted molar refractivity (Wildman–Crippen MR) is 261 cm³/mol. The zero-order valence-corrected chi connectivity index (χ0v) is 43.9. The molecule has 0 aromatic carbocycles. The van der Waals surface area contributed by atoms with Gasteiger partial charge in [-0.2, -0.15) is 0 Å². The zero-order valence-electron chi connectivity index (χ0n) is 43.9. The summed E-state index contributed by atoms with van der Waals surface area (Å²) in [5.74, 6) is 19.7. The van der Waals surface area contributed by atoms with Crippen LogP contribution in [-0.2, 0) is 90.4 Å². The van der Waals surface area contributed by atoms with Gasteiger partial charge < -0.3 is 121 Å². The molecule has 0 rings (SSSR count). The largest absolute Gasteiger partial charge is 0.448 e. The van der Waals surface area contributed by atoms with E-state index in [0.717, 1.165) is 9.80 Å². The van der Waals surface area contributed by atoms with Crippen LogP contribution < -0.4 is 44.9 Å². The summed E-state index contributed by atoms with van der Waals surface area (Å²) in [6, 6.07) is 0. The van der Waals surface area contributed by atoms with Gasteiger partial charge in [0.15, 0.2) is 0 Å². The van der Waals surface area contributed by atoms with Crippen molar-refractivity contribution in [2.24, 2.45) is 23.6 Å². The van der Waals surface area contributed by atoms with Gasteiger partial charge in [-0.15, -0.1) is 0 Å². The first-order valence-electron chi connectivity index (χ1n) is 24.6. The Bertz CT molecular complexity index is 1250. The summed E-state index contributed by atoms with van der Waals surface area (Å²) in [4.78, 5) is 94.9. The second-order valence-corrected chi connectivity index (χ2v) is 14.4. The summed E-state index contributed by atoms with van der Waals surface area (Å²) in [6.45, 7) is 3.55. The number of carbonyl (C=O) groups excluding carboxylic acids is 6. The van der Waals surface area contributed by atoms with Crippen molar-refractivity contribution < 1.29 is 119 Å². The molecule has 77 heavy (non-hydrogen) atoms. The van der Waals surface area contributed by atoms with Gasteiger partial charge in [-0.1, -0.05) is 0 Å². The van der Waals surface area contributed by atoms with Crippen molar-refractivity contribution in [1.82, 2.24) is 31.1 Å². The highest BCUT2D eigenvalue weighted by molar-refractivity contribution is 5.70. The van der Waals surface area contributed by atoms with Gasteiger partial charge in [0.1, 0.15) is 39.6 Å². The number of ether oxygens (including phenoxy) is 15. The normalized spacial score (nSPS) is 10.9. The van der Waals surface area contributed by atoms with E-state index < -0.39 is 36.6 Å². The fourth-order valence-electron chi connectivity index (χ4n) is 5.06. The van der Waals surface area contributed by atoms with Gasteiger partial charge in [0.2, 0.25) is 0 Å². The maximum Gasteiger partial charge on any atom is 0.410 e. The molecule has 0 spiro atoms. The monoisotopic (exact) mass is 1130 g/mol. The summed E-state index contributed by atoms with van der Waals surface area (Å²) in [7, 11) is 0. The minimum Gasteiger partial charge on any atom is -0.448 e. The minimum atomic E-state index is -0.841. The van der Waals surface area contributed by atoms with Crippen molar-refractivity contribution in [2.75, 3.05) is 237 Å². The topological polar surface area (TPSA) is 436 Å². The number of hydrogen-bond donors (Lipinski definition) is 8. The minimum absolute atomic E-state index is 0.122. The van der Waals surface area contributed by atoms with E-state index in [-0.39, 0.29) is 184 Å². The van der Waals surface area contributed by atoms with Crippen LogP contribution in [0.2, 0.25) is 0 Å². The van der Waals surface area contributed by atoms with Gasteiger partial charge in [-0.25, -0.2) is 52.4 Å². The smallest absolute Gasteiger partial charge is 0.410 e. The van der Waals surface area contributed by atoms with Crippen LogP contribution in [0.5, 0.6) is 0 Å². The molecule has 35 nitrogen and oxygen atoms in total. The molecule has 0 aliphatic carbocycles. The van der Waals surface area contributed by atoms with Crippen molar-refractivity contribution in [2.45, 2.75) is 0 Å². The van der Waals surface area contributed by atoms with Crippen LogP contribution in [0.4, 0.5) is 28.8 Å². The highest BCUT2D eigenvalue weighted by Crippen LogP contribution is 2.00.